The fourth-order valence-electron chi connectivity index (χ4n) is 1.35. The van der Waals surface area contributed by atoms with Crippen molar-refractivity contribution in [2.24, 2.45) is 0 Å². The molecule has 1 amide bonds. The molecule has 0 unspecified atom stereocenters. The zero-order valence-corrected chi connectivity index (χ0v) is 10.2. The van der Waals surface area contributed by atoms with Crippen LogP contribution in [0.4, 0.5) is 5.69 Å². The number of carbonyl (C=O) groups is 1. The molecule has 0 aliphatic carbocycles. The van der Waals surface area contributed by atoms with Gasteiger partial charge in [-0.2, -0.15) is 0 Å². The van der Waals surface area contributed by atoms with E-state index in [1.165, 1.54) is 11.3 Å². The lowest BCUT2D eigenvalue weighted by atomic mass is 10.2. The summed E-state index contributed by atoms with van der Waals surface area (Å²) in [5.41, 5.74) is 1.62. The Morgan fingerprint density at radius 1 is 1.31 bits per heavy atom. The van der Waals surface area contributed by atoms with Crippen molar-refractivity contribution < 1.29 is 4.79 Å². The van der Waals surface area contributed by atoms with Gasteiger partial charge in [0.2, 0.25) is 0 Å². The third kappa shape index (κ3) is 2.26. The van der Waals surface area contributed by atoms with Gasteiger partial charge in [-0.05, 0) is 36.1 Å². The van der Waals surface area contributed by atoms with Crippen LogP contribution in [-0.2, 0) is 0 Å². The van der Waals surface area contributed by atoms with Crippen LogP contribution in [0.1, 0.15) is 15.2 Å². The molecule has 2 rings (SSSR count). The van der Waals surface area contributed by atoms with Crippen LogP contribution in [0.5, 0.6) is 0 Å². The summed E-state index contributed by atoms with van der Waals surface area (Å²) in [4.78, 5) is 12.6. The van der Waals surface area contributed by atoms with Gasteiger partial charge in [-0.25, -0.2) is 0 Å². The van der Waals surface area contributed by atoms with Gasteiger partial charge in [0.15, 0.2) is 0 Å². The van der Waals surface area contributed by atoms with Gasteiger partial charge >= 0.3 is 0 Å². The lowest BCUT2D eigenvalue weighted by Gasteiger charge is -2.05. The van der Waals surface area contributed by atoms with Crippen molar-refractivity contribution in [3.05, 3.63) is 51.2 Å². The van der Waals surface area contributed by atoms with E-state index in [-0.39, 0.29) is 5.91 Å². The van der Waals surface area contributed by atoms with Gasteiger partial charge in [0.05, 0.1) is 15.6 Å². The zero-order chi connectivity index (χ0) is 11.5. The highest BCUT2D eigenvalue weighted by Gasteiger charge is 2.11. The standard InChI is InChI=1S/C12H10ClNOS/c1-8-6-7-16-11(8)12(15)14-10-5-3-2-4-9(10)13/h2-7H,1H3,(H,14,15). The van der Waals surface area contributed by atoms with E-state index in [9.17, 15) is 4.79 Å². The average molecular weight is 252 g/mol. The van der Waals surface area contributed by atoms with Gasteiger partial charge < -0.3 is 5.32 Å². The maximum absolute atomic E-state index is 11.9. The van der Waals surface area contributed by atoms with Gasteiger partial charge in [0.1, 0.15) is 0 Å². The maximum atomic E-state index is 11.9. The molecular formula is C12H10ClNOS. The molecule has 0 spiro atoms. The number of benzene rings is 1. The summed E-state index contributed by atoms with van der Waals surface area (Å²) in [6.45, 7) is 1.91. The molecule has 0 radical (unpaired) electrons. The van der Waals surface area contributed by atoms with Crippen molar-refractivity contribution in [2.75, 3.05) is 5.32 Å². The molecule has 4 heteroatoms. The topological polar surface area (TPSA) is 29.1 Å². The lowest BCUT2D eigenvalue weighted by molar-refractivity contribution is 0.103. The number of amides is 1. The molecular weight excluding hydrogens is 242 g/mol. The van der Waals surface area contributed by atoms with Gasteiger partial charge in [-0.3, -0.25) is 4.79 Å². The number of halogens is 1. The molecule has 1 aromatic heterocycles. The molecule has 1 heterocycles. The highest BCUT2D eigenvalue weighted by Crippen LogP contribution is 2.23. The fraction of sp³-hybridized carbons (Fsp3) is 0.0833. The third-order valence-electron chi connectivity index (χ3n) is 2.19. The summed E-state index contributed by atoms with van der Waals surface area (Å²) in [5.74, 6) is -0.111. The number of anilines is 1. The molecule has 0 aliphatic heterocycles. The summed E-state index contributed by atoms with van der Waals surface area (Å²) in [6, 6.07) is 9.12. The monoisotopic (exact) mass is 251 g/mol. The van der Waals surface area contributed by atoms with Gasteiger partial charge in [0, 0.05) is 0 Å². The highest BCUT2D eigenvalue weighted by atomic mass is 35.5. The van der Waals surface area contributed by atoms with Crippen LogP contribution in [0.15, 0.2) is 35.7 Å². The largest absolute Gasteiger partial charge is 0.320 e. The first-order valence-corrected chi connectivity index (χ1v) is 6.04. The summed E-state index contributed by atoms with van der Waals surface area (Å²) >= 11 is 7.39. The Bertz CT molecular complexity index is 521. The van der Waals surface area contributed by atoms with Crippen molar-refractivity contribution in [1.29, 1.82) is 0 Å². The number of rotatable bonds is 2. The van der Waals surface area contributed by atoms with Crippen molar-refractivity contribution in [2.45, 2.75) is 6.92 Å². The molecule has 0 saturated heterocycles. The van der Waals surface area contributed by atoms with E-state index in [0.29, 0.717) is 10.7 Å². The first-order chi connectivity index (χ1) is 7.68. The van der Waals surface area contributed by atoms with Crippen LogP contribution in [0.3, 0.4) is 0 Å². The van der Waals surface area contributed by atoms with Crippen LogP contribution in [0.2, 0.25) is 5.02 Å². The molecule has 2 nitrogen and oxygen atoms in total. The minimum absolute atomic E-state index is 0.111. The predicted octanol–water partition coefficient (Wildman–Crippen LogP) is 3.96. The van der Waals surface area contributed by atoms with Crippen molar-refractivity contribution >= 4 is 34.5 Å². The molecule has 0 aliphatic rings. The maximum Gasteiger partial charge on any atom is 0.266 e. The SMILES string of the molecule is Cc1ccsc1C(=O)Nc1ccccc1Cl. The second kappa shape index (κ2) is 4.68. The van der Waals surface area contributed by atoms with Crippen LogP contribution < -0.4 is 5.32 Å². The Balaban J connectivity index is 2.21. The molecule has 2 aromatic rings. The lowest BCUT2D eigenvalue weighted by Crippen LogP contribution is -2.11. The summed E-state index contributed by atoms with van der Waals surface area (Å²) < 4.78 is 0. The number of hydrogen-bond donors (Lipinski definition) is 1. The van der Waals surface area contributed by atoms with Gasteiger partial charge in [-0.1, -0.05) is 23.7 Å². The first kappa shape index (κ1) is 11.2. The molecule has 1 N–H and O–H groups in total. The van der Waals surface area contributed by atoms with Crippen molar-refractivity contribution in [3.8, 4) is 0 Å². The van der Waals surface area contributed by atoms with Crippen LogP contribution in [0.25, 0.3) is 0 Å². The van der Waals surface area contributed by atoms with E-state index in [1.807, 2.05) is 30.5 Å². The third-order valence-corrected chi connectivity index (χ3v) is 3.54. The smallest absolute Gasteiger partial charge is 0.266 e. The van der Waals surface area contributed by atoms with E-state index in [2.05, 4.69) is 5.32 Å². The van der Waals surface area contributed by atoms with Crippen molar-refractivity contribution in [1.82, 2.24) is 0 Å². The normalized spacial score (nSPS) is 10.1. The summed E-state index contributed by atoms with van der Waals surface area (Å²) in [7, 11) is 0. The Kier molecular flexibility index (Phi) is 3.27. The molecule has 82 valence electrons. The Morgan fingerprint density at radius 2 is 2.06 bits per heavy atom. The quantitative estimate of drug-likeness (QED) is 0.860. The van der Waals surface area contributed by atoms with E-state index in [0.717, 1.165) is 10.4 Å². The number of nitrogens with one attached hydrogen (secondary N) is 1. The molecule has 1 aromatic carbocycles. The minimum Gasteiger partial charge on any atom is -0.320 e. The van der Waals surface area contributed by atoms with Gasteiger partial charge in [-0.15, -0.1) is 11.3 Å². The van der Waals surface area contributed by atoms with Gasteiger partial charge in [0.25, 0.3) is 5.91 Å². The second-order valence-corrected chi connectivity index (χ2v) is 4.69. The van der Waals surface area contributed by atoms with Crippen LogP contribution >= 0.6 is 22.9 Å². The number of carbonyl (C=O) groups excluding carboxylic acids is 1. The number of thiophene rings is 1. The minimum atomic E-state index is -0.111. The van der Waals surface area contributed by atoms with E-state index >= 15 is 0 Å². The predicted molar refractivity (Wildman–Crippen MR) is 68.5 cm³/mol. The summed E-state index contributed by atoms with van der Waals surface area (Å²) in [6.07, 6.45) is 0. The fourth-order valence-corrected chi connectivity index (χ4v) is 2.35. The Morgan fingerprint density at radius 3 is 2.69 bits per heavy atom. The van der Waals surface area contributed by atoms with E-state index in [1.54, 1.807) is 12.1 Å². The van der Waals surface area contributed by atoms with Crippen LogP contribution in [0, 0.1) is 6.92 Å². The number of hydrogen-bond acceptors (Lipinski definition) is 2. The first-order valence-electron chi connectivity index (χ1n) is 4.78. The van der Waals surface area contributed by atoms with Crippen molar-refractivity contribution in [3.63, 3.8) is 0 Å². The highest BCUT2D eigenvalue weighted by molar-refractivity contribution is 7.12. The molecule has 0 saturated carbocycles. The Labute approximate surface area is 103 Å². The zero-order valence-electron chi connectivity index (χ0n) is 8.66. The molecule has 0 bridgehead atoms. The van der Waals surface area contributed by atoms with E-state index in [4.69, 9.17) is 11.6 Å². The molecule has 0 atom stereocenters. The summed E-state index contributed by atoms with van der Waals surface area (Å²) in [5, 5.41) is 5.24. The Hall–Kier alpha value is -1.32. The van der Waals surface area contributed by atoms with E-state index < -0.39 is 0 Å². The number of para-hydroxylation sites is 1. The molecule has 16 heavy (non-hydrogen) atoms. The number of aryl methyl sites for hydroxylation is 1. The van der Waals surface area contributed by atoms with Crippen LogP contribution in [-0.4, -0.2) is 5.91 Å². The second-order valence-electron chi connectivity index (χ2n) is 3.37. The average Bonchev–Trinajstić information content (AvgIpc) is 2.68. The molecule has 0 fully saturated rings.